The Balaban J connectivity index is 2.31. The summed E-state index contributed by atoms with van der Waals surface area (Å²) in [7, 11) is 0. The third-order valence-corrected chi connectivity index (χ3v) is 2.72. The van der Waals surface area contributed by atoms with Gasteiger partial charge in [0.05, 0.1) is 22.3 Å². The van der Waals surface area contributed by atoms with E-state index in [2.05, 4.69) is 11.4 Å². The third kappa shape index (κ3) is 2.77. The third-order valence-electron chi connectivity index (χ3n) is 2.39. The van der Waals surface area contributed by atoms with E-state index in [0.717, 1.165) is 16.9 Å². The van der Waals surface area contributed by atoms with Crippen molar-refractivity contribution in [1.29, 1.82) is 5.26 Å². The van der Waals surface area contributed by atoms with E-state index in [4.69, 9.17) is 16.9 Å². The zero-order valence-electron chi connectivity index (χ0n) is 9.37. The molecule has 84 valence electrons. The summed E-state index contributed by atoms with van der Waals surface area (Å²) in [6, 6.07) is 15.2. The molecule has 2 aromatic rings. The van der Waals surface area contributed by atoms with Crippen LogP contribution in [0.1, 0.15) is 11.1 Å². The molecular weight excluding hydrogens is 232 g/mol. The van der Waals surface area contributed by atoms with Crippen LogP contribution in [0.2, 0.25) is 5.02 Å². The number of hydrogen-bond acceptors (Lipinski definition) is 2. The Labute approximate surface area is 105 Å². The van der Waals surface area contributed by atoms with Gasteiger partial charge in [0, 0.05) is 5.69 Å². The van der Waals surface area contributed by atoms with Gasteiger partial charge in [0.15, 0.2) is 0 Å². The van der Waals surface area contributed by atoms with Gasteiger partial charge in [-0.05, 0) is 42.8 Å². The first-order valence-corrected chi connectivity index (χ1v) is 5.60. The standard InChI is InChI=1S/C14H11ClN2/c1-10-5-6-13(15)14(7-10)17-12-4-2-3-11(8-12)9-16/h2-8,17H,1H3. The van der Waals surface area contributed by atoms with Crippen LogP contribution in [0.25, 0.3) is 0 Å². The SMILES string of the molecule is Cc1ccc(Cl)c(Nc2cccc(C#N)c2)c1. The Morgan fingerprint density at radius 3 is 2.76 bits per heavy atom. The molecule has 0 aliphatic carbocycles. The van der Waals surface area contributed by atoms with Crippen molar-refractivity contribution in [3.05, 3.63) is 58.6 Å². The lowest BCUT2D eigenvalue weighted by Gasteiger charge is -2.09. The number of nitrogens with one attached hydrogen (secondary N) is 1. The molecule has 0 aliphatic rings. The van der Waals surface area contributed by atoms with Crippen molar-refractivity contribution in [2.75, 3.05) is 5.32 Å². The zero-order valence-corrected chi connectivity index (χ0v) is 10.1. The van der Waals surface area contributed by atoms with E-state index in [1.807, 2.05) is 37.3 Å². The van der Waals surface area contributed by atoms with Gasteiger partial charge in [0.2, 0.25) is 0 Å². The van der Waals surface area contributed by atoms with Gasteiger partial charge in [0.25, 0.3) is 0 Å². The van der Waals surface area contributed by atoms with Crippen molar-refractivity contribution in [3.8, 4) is 6.07 Å². The first-order chi connectivity index (χ1) is 8.19. The average Bonchev–Trinajstić information content (AvgIpc) is 2.34. The number of anilines is 2. The molecule has 2 nitrogen and oxygen atoms in total. The van der Waals surface area contributed by atoms with Crippen molar-refractivity contribution >= 4 is 23.0 Å². The number of rotatable bonds is 2. The molecule has 0 aliphatic heterocycles. The first kappa shape index (κ1) is 11.5. The molecule has 1 N–H and O–H groups in total. The normalized spacial score (nSPS) is 9.71. The molecule has 2 aromatic carbocycles. The smallest absolute Gasteiger partial charge is 0.0992 e. The Kier molecular flexibility index (Phi) is 3.32. The Hall–Kier alpha value is -1.98. The molecule has 0 atom stereocenters. The van der Waals surface area contributed by atoms with Crippen molar-refractivity contribution in [2.45, 2.75) is 6.92 Å². The lowest BCUT2D eigenvalue weighted by molar-refractivity contribution is 1.44. The average molecular weight is 243 g/mol. The summed E-state index contributed by atoms with van der Waals surface area (Å²) in [4.78, 5) is 0. The highest BCUT2D eigenvalue weighted by atomic mass is 35.5. The minimum atomic E-state index is 0.624. The minimum Gasteiger partial charge on any atom is -0.354 e. The second-order valence-electron chi connectivity index (χ2n) is 3.80. The number of nitrogens with zero attached hydrogens (tertiary/aromatic N) is 1. The van der Waals surface area contributed by atoms with Crippen LogP contribution in [0, 0.1) is 18.3 Å². The molecule has 3 heteroatoms. The number of halogens is 1. The molecule has 0 amide bonds. The number of aryl methyl sites for hydroxylation is 1. The van der Waals surface area contributed by atoms with Crippen LogP contribution < -0.4 is 5.32 Å². The molecule has 0 saturated carbocycles. The highest BCUT2D eigenvalue weighted by molar-refractivity contribution is 6.33. The first-order valence-electron chi connectivity index (χ1n) is 5.22. The summed E-state index contributed by atoms with van der Waals surface area (Å²) in [5.41, 5.74) is 3.46. The minimum absolute atomic E-state index is 0.624. The molecule has 2 rings (SSSR count). The molecule has 17 heavy (non-hydrogen) atoms. The van der Waals surface area contributed by atoms with E-state index in [1.54, 1.807) is 12.1 Å². The summed E-state index contributed by atoms with van der Waals surface area (Å²) >= 11 is 6.09. The summed E-state index contributed by atoms with van der Waals surface area (Å²) in [6.07, 6.45) is 0. The van der Waals surface area contributed by atoms with Crippen molar-refractivity contribution in [3.63, 3.8) is 0 Å². The Bertz CT molecular complexity index is 585. The highest BCUT2D eigenvalue weighted by Gasteiger charge is 2.01. The zero-order chi connectivity index (χ0) is 12.3. The van der Waals surface area contributed by atoms with E-state index in [-0.39, 0.29) is 0 Å². The van der Waals surface area contributed by atoms with Crippen molar-refractivity contribution in [1.82, 2.24) is 0 Å². The van der Waals surface area contributed by atoms with Gasteiger partial charge in [0.1, 0.15) is 0 Å². The van der Waals surface area contributed by atoms with E-state index >= 15 is 0 Å². The second kappa shape index (κ2) is 4.90. The quantitative estimate of drug-likeness (QED) is 0.854. The van der Waals surface area contributed by atoms with Gasteiger partial charge in [-0.15, -0.1) is 0 Å². The van der Waals surface area contributed by atoms with E-state index in [0.29, 0.717) is 10.6 Å². The van der Waals surface area contributed by atoms with Crippen LogP contribution in [0.5, 0.6) is 0 Å². The largest absolute Gasteiger partial charge is 0.354 e. The molecule has 0 spiro atoms. The monoisotopic (exact) mass is 242 g/mol. The summed E-state index contributed by atoms with van der Waals surface area (Å²) < 4.78 is 0. The highest BCUT2D eigenvalue weighted by Crippen LogP contribution is 2.26. The molecule has 0 bridgehead atoms. The summed E-state index contributed by atoms with van der Waals surface area (Å²) in [6.45, 7) is 2.01. The fraction of sp³-hybridized carbons (Fsp3) is 0.0714. The maximum absolute atomic E-state index is 8.82. The van der Waals surface area contributed by atoms with Crippen molar-refractivity contribution in [2.24, 2.45) is 0 Å². The molecule has 0 radical (unpaired) electrons. The summed E-state index contributed by atoms with van der Waals surface area (Å²) in [5, 5.41) is 12.7. The van der Waals surface area contributed by atoms with Gasteiger partial charge in [-0.2, -0.15) is 5.26 Å². The molecule has 0 heterocycles. The van der Waals surface area contributed by atoms with Gasteiger partial charge < -0.3 is 5.32 Å². The van der Waals surface area contributed by atoms with Crippen LogP contribution >= 0.6 is 11.6 Å². The van der Waals surface area contributed by atoms with Gasteiger partial charge in [-0.3, -0.25) is 0 Å². The van der Waals surface area contributed by atoms with Crippen LogP contribution in [-0.2, 0) is 0 Å². The van der Waals surface area contributed by atoms with Crippen LogP contribution in [0.4, 0.5) is 11.4 Å². The van der Waals surface area contributed by atoms with Crippen LogP contribution in [0.3, 0.4) is 0 Å². The summed E-state index contributed by atoms with van der Waals surface area (Å²) in [5.74, 6) is 0. The molecule has 0 saturated heterocycles. The van der Waals surface area contributed by atoms with Crippen molar-refractivity contribution < 1.29 is 0 Å². The Morgan fingerprint density at radius 1 is 1.18 bits per heavy atom. The Morgan fingerprint density at radius 2 is 2.00 bits per heavy atom. The number of hydrogen-bond donors (Lipinski definition) is 1. The van der Waals surface area contributed by atoms with Gasteiger partial charge in [-0.25, -0.2) is 0 Å². The fourth-order valence-corrected chi connectivity index (χ4v) is 1.72. The lowest BCUT2D eigenvalue weighted by Crippen LogP contribution is -1.92. The van der Waals surface area contributed by atoms with Gasteiger partial charge in [-0.1, -0.05) is 23.7 Å². The number of nitriles is 1. The molecular formula is C14H11ClN2. The second-order valence-corrected chi connectivity index (χ2v) is 4.21. The predicted octanol–water partition coefficient (Wildman–Crippen LogP) is 4.26. The fourth-order valence-electron chi connectivity index (χ4n) is 1.56. The maximum Gasteiger partial charge on any atom is 0.0992 e. The topological polar surface area (TPSA) is 35.8 Å². The van der Waals surface area contributed by atoms with E-state index in [9.17, 15) is 0 Å². The lowest BCUT2D eigenvalue weighted by atomic mass is 10.2. The van der Waals surface area contributed by atoms with Crippen LogP contribution in [0.15, 0.2) is 42.5 Å². The van der Waals surface area contributed by atoms with Gasteiger partial charge >= 0.3 is 0 Å². The molecule has 0 unspecified atom stereocenters. The number of benzene rings is 2. The van der Waals surface area contributed by atoms with E-state index in [1.165, 1.54) is 0 Å². The molecule has 0 fully saturated rings. The van der Waals surface area contributed by atoms with Crippen LogP contribution in [-0.4, -0.2) is 0 Å². The van der Waals surface area contributed by atoms with E-state index < -0.39 is 0 Å². The molecule has 0 aromatic heterocycles. The maximum atomic E-state index is 8.82. The predicted molar refractivity (Wildman–Crippen MR) is 70.6 cm³/mol.